The average Bonchev–Trinajstić information content (AvgIpc) is 2.14. The van der Waals surface area contributed by atoms with Gasteiger partial charge in [0.15, 0.2) is 0 Å². The largest absolute Gasteiger partial charge is 0.481 e. The van der Waals surface area contributed by atoms with E-state index in [9.17, 15) is 4.79 Å². The van der Waals surface area contributed by atoms with Crippen molar-refractivity contribution in [1.29, 1.82) is 0 Å². The quantitative estimate of drug-likeness (QED) is 0.874. The molecular formula is C11H12Cl2O2. The van der Waals surface area contributed by atoms with Gasteiger partial charge < -0.3 is 5.11 Å². The molecule has 0 unspecified atom stereocenters. The minimum absolute atomic E-state index is 0.0488. The van der Waals surface area contributed by atoms with Gasteiger partial charge in [0.05, 0.1) is 6.42 Å². The van der Waals surface area contributed by atoms with Crippen molar-refractivity contribution < 1.29 is 9.90 Å². The van der Waals surface area contributed by atoms with Gasteiger partial charge in [-0.3, -0.25) is 4.79 Å². The highest BCUT2D eigenvalue weighted by molar-refractivity contribution is 6.35. The van der Waals surface area contributed by atoms with Crippen molar-refractivity contribution in [2.75, 3.05) is 0 Å². The Bertz CT molecular complexity index is 364. The van der Waals surface area contributed by atoms with E-state index >= 15 is 0 Å². The highest BCUT2D eigenvalue weighted by Gasteiger charge is 2.16. The van der Waals surface area contributed by atoms with Crippen LogP contribution in [0, 0.1) is 0 Å². The van der Waals surface area contributed by atoms with Gasteiger partial charge in [-0.1, -0.05) is 36.2 Å². The lowest BCUT2D eigenvalue weighted by atomic mass is 9.93. The maximum atomic E-state index is 10.7. The van der Waals surface area contributed by atoms with Gasteiger partial charge in [0.1, 0.15) is 0 Å². The van der Waals surface area contributed by atoms with Crippen LogP contribution >= 0.6 is 23.2 Å². The molecule has 2 nitrogen and oxygen atoms in total. The third-order valence-corrected chi connectivity index (χ3v) is 2.88. The SMILES string of the molecule is CC[C@@H](CC(=O)O)c1ccc(Cl)cc1Cl. The summed E-state index contributed by atoms with van der Waals surface area (Å²) >= 11 is 11.8. The molecule has 0 aliphatic carbocycles. The zero-order chi connectivity index (χ0) is 11.4. The second-order valence-electron chi connectivity index (χ2n) is 3.37. The summed E-state index contributed by atoms with van der Waals surface area (Å²) in [6.45, 7) is 1.94. The molecule has 0 radical (unpaired) electrons. The van der Waals surface area contributed by atoms with Crippen molar-refractivity contribution >= 4 is 29.2 Å². The molecule has 1 aromatic carbocycles. The van der Waals surface area contributed by atoms with Crippen molar-refractivity contribution in [3.8, 4) is 0 Å². The standard InChI is InChI=1S/C11H12Cl2O2/c1-2-7(5-11(14)15)9-4-3-8(12)6-10(9)13/h3-4,6-7H,2,5H2,1H3,(H,14,15)/t7-/m0/s1. The van der Waals surface area contributed by atoms with Gasteiger partial charge in [0, 0.05) is 10.0 Å². The van der Waals surface area contributed by atoms with E-state index in [1.165, 1.54) is 0 Å². The highest BCUT2D eigenvalue weighted by Crippen LogP contribution is 2.31. The van der Waals surface area contributed by atoms with Gasteiger partial charge in [0.2, 0.25) is 0 Å². The highest BCUT2D eigenvalue weighted by atomic mass is 35.5. The molecule has 1 N–H and O–H groups in total. The summed E-state index contributed by atoms with van der Waals surface area (Å²) in [4.78, 5) is 10.7. The fourth-order valence-corrected chi connectivity index (χ4v) is 2.08. The Kier molecular flexibility index (Phi) is 4.43. The van der Waals surface area contributed by atoms with Crippen LogP contribution in [0.25, 0.3) is 0 Å². The van der Waals surface area contributed by atoms with E-state index in [1.54, 1.807) is 18.2 Å². The molecule has 0 bridgehead atoms. The van der Waals surface area contributed by atoms with Gasteiger partial charge in [-0.25, -0.2) is 0 Å². The zero-order valence-electron chi connectivity index (χ0n) is 8.34. The second kappa shape index (κ2) is 5.38. The van der Waals surface area contributed by atoms with Gasteiger partial charge in [-0.15, -0.1) is 0 Å². The Hall–Kier alpha value is -0.730. The molecule has 0 fully saturated rings. The van der Waals surface area contributed by atoms with Crippen molar-refractivity contribution in [3.63, 3.8) is 0 Å². The summed E-state index contributed by atoms with van der Waals surface area (Å²) in [6.07, 6.45) is 0.839. The predicted molar refractivity (Wildman–Crippen MR) is 61.7 cm³/mol. The Morgan fingerprint density at radius 3 is 2.60 bits per heavy atom. The van der Waals surface area contributed by atoms with Crippen LogP contribution in [-0.4, -0.2) is 11.1 Å². The molecule has 1 atom stereocenters. The molecule has 1 rings (SSSR count). The smallest absolute Gasteiger partial charge is 0.303 e. The predicted octanol–water partition coefficient (Wildman–Crippen LogP) is 3.96. The number of hydrogen-bond acceptors (Lipinski definition) is 1. The van der Waals surface area contributed by atoms with E-state index in [0.717, 1.165) is 12.0 Å². The van der Waals surface area contributed by atoms with E-state index in [0.29, 0.717) is 10.0 Å². The Labute approximate surface area is 98.8 Å². The summed E-state index contributed by atoms with van der Waals surface area (Å²) in [6, 6.07) is 5.16. The van der Waals surface area contributed by atoms with E-state index in [2.05, 4.69) is 0 Å². The Morgan fingerprint density at radius 2 is 2.13 bits per heavy atom. The summed E-state index contributed by atoms with van der Waals surface area (Å²) in [5.74, 6) is -0.861. The molecule has 0 heterocycles. The third kappa shape index (κ3) is 3.40. The molecule has 0 aromatic heterocycles. The summed E-state index contributed by atoms with van der Waals surface area (Å²) in [7, 11) is 0. The minimum atomic E-state index is -0.812. The number of carboxylic acid groups (broad SMARTS) is 1. The average molecular weight is 247 g/mol. The van der Waals surface area contributed by atoms with Crippen LogP contribution in [-0.2, 0) is 4.79 Å². The molecule has 15 heavy (non-hydrogen) atoms. The molecule has 0 aliphatic heterocycles. The van der Waals surface area contributed by atoms with Crippen LogP contribution in [0.5, 0.6) is 0 Å². The molecule has 0 aliphatic rings. The first kappa shape index (κ1) is 12.3. The number of hydrogen-bond donors (Lipinski definition) is 1. The van der Waals surface area contributed by atoms with Gasteiger partial charge in [0.25, 0.3) is 0 Å². The Balaban J connectivity index is 2.96. The van der Waals surface area contributed by atoms with Crippen molar-refractivity contribution in [2.45, 2.75) is 25.7 Å². The van der Waals surface area contributed by atoms with Crippen LogP contribution < -0.4 is 0 Å². The second-order valence-corrected chi connectivity index (χ2v) is 4.21. The number of carboxylic acids is 1. The maximum Gasteiger partial charge on any atom is 0.303 e. The normalized spacial score (nSPS) is 12.5. The Morgan fingerprint density at radius 1 is 1.47 bits per heavy atom. The molecule has 4 heteroatoms. The molecule has 0 saturated heterocycles. The summed E-state index contributed by atoms with van der Waals surface area (Å²) in [5, 5.41) is 9.85. The molecule has 1 aromatic rings. The zero-order valence-corrected chi connectivity index (χ0v) is 9.85. The lowest BCUT2D eigenvalue weighted by molar-refractivity contribution is -0.137. The summed E-state index contributed by atoms with van der Waals surface area (Å²) < 4.78 is 0. The number of aliphatic carboxylic acids is 1. The van der Waals surface area contributed by atoms with Gasteiger partial charge in [-0.05, 0) is 30.0 Å². The van der Waals surface area contributed by atoms with Gasteiger partial charge in [-0.2, -0.15) is 0 Å². The third-order valence-electron chi connectivity index (χ3n) is 2.32. The van der Waals surface area contributed by atoms with Crippen molar-refractivity contribution in [2.24, 2.45) is 0 Å². The monoisotopic (exact) mass is 246 g/mol. The van der Waals surface area contributed by atoms with Crippen LogP contribution in [0.4, 0.5) is 0 Å². The fourth-order valence-electron chi connectivity index (χ4n) is 1.52. The molecule has 0 spiro atoms. The van der Waals surface area contributed by atoms with Crippen molar-refractivity contribution in [1.82, 2.24) is 0 Å². The molecule has 0 saturated carbocycles. The van der Waals surface area contributed by atoms with Crippen LogP contribution in [0.15, 0.2) is 18.2 Å². The lowest BCUT2D eigenvalue weighted by Gasteiger charge is -2.14. The molecule has 0 amide bonds. The first-order valence-corrected chi connectivity index (χ1v) is 5.47. The van der Waals surface area contributed by atoms with Crippen LogP contribution in [0.3, 0.4) is 0 Å². The molecular weight excluding hydrogens is 235 g/mol. The number of halogens is 2. The number of benzene rings is 1. The van der Waals surface area contributed by atoms with E-state index in [1.807, 2.05) is 6.92 Å². The number of rotatable bonds is 4. The van der Waals surface area contributed by atoms with Crippen molar-refractivity contribution in [3.05, 3.63) is 33.8 Å². The minimum Gasteiger partial charge on any atom is -0.481 e. The van der Waals surface area contributed by atoms with E-state index < -0.39 is 5.97 Å². The first-order chi connectivity index (χ1) is 7.04. The van der Waals surface area contributed by atoms with Crippen LogP contribution in [0.2, 0.25) is 10.0 Å². The van der Waals surface area contributed by atoms with Gasteiger partial charge >= 0.3 is 5.97 Å². The van der Waals surface area contributed by atoms with E-state index in [4.69, 9.17) is 28.3 Å². The van der Waals surface area contributed by atoms with E-state index in [-0.39, 0.29) is 12.3 Å². The summed E-state index contributed by atoms with van der Waals surface area (Å²) in [5.41, 5.74) is 0.853. The fraction of sp³-hybridized carbons (Fsp3) is 0.364. The maximum absolute atomic E-state index is 10.7. The molecule has 82 valence electrons. The first-order valence-electron chi connectivity index (χ1n) is 4.71. The lowest BCUT2D eigenvalue weighted by Crippen LogP contribution is -2.05. The number of carbonyl (C=O) groups is 1. The van der Waals surface area contributed by atoms with Crippen LogP contribution in [0.1, 0.15) is 31.2 Å². The topological polar surface area (TPSA) is 37.3 Å².